The van der Waals surface area contributed by atoms with E-state index in [1.807, 2.05) is 61.2 Å². The van der Waals surface area contributed by atoms with Crippen molar-refractivity contribution < 1.29 is 14.3 Å². The molecule has 1 saturated heterocycles. The second kappa shape index (κ2) is 9.79. The molecule has 0 unspecified atom stereocenters. The highest BCUT2D eigenvalue weighted by molar-refractivity contribution is 6.32. The van der Waals surface area contributed by atoms with Gasteiger partial charge in [-0.1, -0.05) is 41.9 Å². The van der Waals surface area contributed by atoms with E-state index in [1.54, 1.807) is 4.90 Å². The Kier molecular flexibility index (Phi) is 7.15. The van der Waals surface area contributed by atoms with Gasteiger partial charge >= 0.3 is 0 Å². The lowest BCUT2D eigenvalue weighted by Crippen LogP contribution is -2.39. The van der Waals surface area contributed by atoms with Gasteiger partial charge < -0.3 is 14.5 Å². The van der Waals surface area contributed by atoms with Crippen LogP contribution in [0.1, 0.15) is 23.1 Å². The molecule has 0 aliphatic carbocycles. The molecule has 2 amide bonds. The minimum atomic E-state index is -0.0624. The van der Waals surface area contributed by atoms with Crippen LogP contribution in [0, 0.1) is 13.8 Å². The van der Waals surface area contributed by atoms with E-state index < -0.39 is 0 Å². The monoisotopic (exact) mass is 414 g/mol. The summed E-state index contributed by atoms with van der Waals surface area (Å²) in [5.41, 5.74) is 2.87. The number of aryl methyl sites for hydroxylation is 2. The predicted octanol–water partition coefficient (Wildman–Crippen LogP) is 3.64. The van der Waals surface area contributed by atoms with Crippen molar-refractivity contribution in [3.05, 3.63) is 64.2 Å². The van der Waals surface area contributed by atoms with Crippen molar-refractivity contribution in [1.29, 1.82) is 0 Å². The number of amides is 2. The summed E-state index contributed by atoms with van der Waals surface area (Å²) in [6.07, 6.45) is 1.17. The molecule has 0 bridgehead atoms. The number of hydrogen-bond acceptors (Lipinski definition) is 3. The first-order chi connectivity index (χ1) is 13.9. The minimum Gasteiger partial charge on any atom is -0.484 e. The summed E-state index contributed by atoms with van der Waals surface area (Å²) >= 11 is 6.18. The maximum Gasteiger partial charge on any atom is 0.260 e. The number of benzene rings is 2. The van der Waals surface area contributed by atoms with E-state index in [1.165, 1.54) is 0 Å². The second-order valence-corrected chi connectivity index (χ2v) is 7.82. The molecule has 154 valence electrons. The Labute approximate surface area is 177 Å². The van der Waals surface area contributed by atoms with Gasteiger partial charge in [-0.05, 0) is 49.1 Å². The van der Waals surface area contributed by atoms with Crippen molar-refractivity contribution >= 4 is 23.4 Å². The van der Waals surface area contributed by atoms with Crippen molar-refractivity contribution in [2.45, 2.75) is 26.7 Å². The number of hydrogen-bond donors (Lipinski definition) is 0. The topological polar surface area (TPSA) is 49.9 Å². The first kappa shape index (κ1) is 21.2. The first-order valence-electron chi connectivity index (χ1n) is 9.93. The highest BCUT2D eigenvalue weighted by Crippen LogP contribution is 2.25. The van der Waals surface area contributed by atoms with Gasteiger partial charge in [0.05, 0.1) is 6.42 Å². The largest absolute Gasteiger partial charge is 0.484 e. The lowest BCUT2D eigenvalue weighted by molar-refractivity contribution is -0.134. The Morgan fingerprint density at radius 2 is 1.52 bits per heavy atom. The van der Waals surface area contributed by atoms with Crippen LogP contribution in [0.5, 0.6) is 5.75 Å². The number of ether oxygens (including phenoxy) is 1. The van der Waals surface area contributed by atoms with E-state index in [-0.39, 0.29) is 18.4 Å². The third-order valence-corrected chi connectivity index (χ3v) is 5.77. The zero-order chi connectivity index (χ0) is 20.8. The van der Waals surface area contributed by atoms with Crippen LogP contribution < -0.4 is 4.74 Å². The average molecular weight is 415 g/mol. The Bertz CT molecular complexity index is 847. The highest BCUT2D eigenvalue weighted by atomic mass is 35.5. The molecule has 0 radical (unpaired) electrons. The lowest BCUT2D eigenvalue weighted by Gasteiger charge is -2.22. The third-order valence-electron chi connectivity index (χ3n) is 5.17. The zero-order valence-corrected chi connectivity index (χ0v) is 17.7. The molecule has 29 heavy (non-hydrogen) atoms. The third kappa shape index (κ3) is 5.73. The van der Waals surface area contributed by atoms with Crippen molar-refractivity contribution in [1.82, 2.24) is 9.80 Å². The normalized spacial score (nSPS) is 14.4. The lowest BCUT2D eigenvalue weighted by atomic mass is 10.1. The summed E-state index contributed by atoms with van der Waals surface area (Å²) < 4.78 is 5.70. The summed E-state index contributed by atoms with van der Waals surface area (Å²) in [6, 6.07) is 13.4. The van der Waals surface area contributed by atoms with Crippen molar-refractivity contribution in [3.63, 3.8) is 0 Å². The minimum absolute atomic E-state index is 0.0154. The molecule has 0 N–H and O–H groups in total. The average Bonchev–Trinajstić information content (AvgIpc) is 2.97. The van der Waals surface area contributed by atoms with Gasteiger partial charge in [-0.2, -0.15) is 0 Å². The number of nitrogens with zero attached hydrogens (tertiary/aromatic N) is 2. The summed E-state index contributed by atoms with van der Waals surface area (Å²) in [5.74, 6) is 0.689. The fraction of sp³-hybridized carbons (Fsp3) is 0.391. The van der Waals surface area contributed by atoms with E-state index in [0.29, 0.717) is 38.3 Å². The van der Waals surface area contributed by atoms with E-state index in [2.05, 4.69) is 0 Å². The molecule has 1 fully saturated rings. The van der Waals surface area contributed by atoms with Crippen molar-refractivity contribution in [3.8, 4) is 5.75 Å². The van der Waals surface area contributed by atoms with Crippen LogP contribution in [0.15, 0.2) is 42.5 Å². The number of halogens is 1. The molecular formula is C23H27ClN2O3. The first-order valence-corrected chi connectivity index (χ1v) is 10.3. The van der Waals surface area contributed by atoms with Gasteiger partial charge in [0.15, 0.2) is 6.61 Å². The number of rotatable bonds is 5. The highest BCUT2D eigenvalue weighted by Gasteiger charge is 2.22. The molecule has 6 heteroatoms. The fourth-order valence-electron chi connectivity index (χ4n) is 3.52. The maximum absolute atomic E-state index is 12.6. The maximum atomic E-state index is 12.6. The standard InChI is InChI=1S/C23H27ClN2O3/c1-17-13-20(14-18(2)23(17)24)29-16-22(28)26-10-6-9-25(11-12-26)21(27)15-19-7-4-3-5-8-19/h3-5,7-8,13-14H,6,9-12,15-16H2,1-2H3. The molecule has 0 spiro atoms. The molecule has 5 nitrogen and oxygen atoms in total. The molecule has 2 aromatic rings. The zero-order valence-electron chi connectivity index (χ0n) is 17.0. The predicted molar refractivity (Wildman–Crippen MR) is 114 cm³/mol. The molecule has 1 aliphatic heterocycles. The van der Waals surface area contributed by atoms with Crippen LogP contribution in [-0.4, -0.2) is 54.4 Å². The Morgan fingerprint density at radius 3 is 2.14 bits per heavy atom. The van der Waals surface area contributed by atoms with Gasteiger partial charge in [-0.15, -0.1) is 0 Å². The van der Waals surface area contributed by atoms with E-state index in [4.69, 9.17) is 16.3 Å². The SMILES string of the molecule is Cc1cc(OCC(=O)N2CCCN(C(=O)Cc3ccccc3)CC2)cc(C)c1Cl. The van der Waals surface area contributed by atoms with E-state index >= 15 is 0 Å². The molecule has 3 rings (SSSR count). The van der Waals surface area contributed by atoms with Crippen LogP contribution in [0.3, 0.4) is 0 Å². The van der Waals surface area contributed by atoms with Crippen LogP contribution in [0.4, 0.5) is 0 Å². The molecular weight excluding hydrogens is 388 g/mol. The summed E-state index contributed by atoms with van der Waals surface area (Å²) in [6.45, 7) is 6.21. The summed E-state index contributed by atoms with van der Waals surface area (Å²) in [5, 5.41) is 0.719. The van der Waals surface area contributed by atoms with Gasteiger partial charge in [-0.25, -0.2) is 0 Å². The van der Waals surface area contributed by atoms with Gasteiger partial charge in [0, 0.05) is 31.2 Å². The fourth-order valence-corrected chi connectivity index (χ4v) is 3.63. The van der Waals surface area contributed by atoms with Crippen molar-refractivity contribution in [2.24, 2.45) is 0 Å². The van der Waals surface area contributed by atoms with Gasteiger partial charge in [0.25, 0.3) is 5.91 Å². The van der Waals surface area contributed by atoms with E-state index in [9.17, 15) is 9.59 Å². The quantitative estimate of drug-likeness (QED) is 0.750. The smallest absolute Gasteiger partial charge is 0.260 e. The molecule has 2 aromatic carbocycles. The van der Waals surface area contributed by atoms with Crippen LogP contribution in [0.25, 0.3) is 0 Å². The number of carbonyl (C=O) groups is 2. The molecule has 0 aromatic heterocycles. The van der Waals surface area contributed by atoms with Crippen LogP contribution in [0.2, 0.25) is 5.02 Å². The van der Waals surface area contributed by atoms with Gasteiger partial charge in [0.2, 0.25) is 5.91 Å². The molecule has 0 atom stereocenters. The van der Waals surface area contributed by atoms with E-state index in [0.717, 1.165) is 28.1 Å². The Hall–Kier alpha value is -2.53. The van der Waals surface area contributed by atoms with Crippen LogP contribution in [-0.2, 0) is 16.0 Å². The van der Waals surface area contributed by atoms with Gasteiger partial charge in [0.1, 0.15) is 5.75 Å². The Morgan fingerprint density at radius 1 is 0.931 bits per heavy atom. The number of carbonyl (C=O) groups excluding carboxylic acids is 2. The molecule has 1 aliphatic rings. The Balaban J connectivity index is 1.51. The second-order valence-electron chi connectivity index (χ2n) is 7.44. The van der Waals surface area contributed by atoms with Crippen molar-refractivity contribution in [2.75, 3.05) is 32.8 Å². The molecule has 0 saturated carbocycles. The van der Waals surface area contributed by atoms with Gasteiger partial charge in [-0.3, -0.25) is 9.59 Å². The summed E-state index contributed by atoms with van der Waals surface area (Å²) in [4.78, 5) is 28.8. The summed E-state index contributed by atoms with van der Waals surface area (Å²) in [7, 11) is 0. The molecule has 1 heterocycles. The van der Waals surface area contributed by atoms with Crippen LogP contribution >= 0.6 is 11.6 Å².